The molecule has 5 rings (SSSR count). The van der Waals surface area contributed by atoms with Crippen LogP contribution in [0.2, 0.25) is 0 Å². The Morgan fingerprint density at radius 3 is 2.30 bits per heavy atom. The van der Waals surface area contributed by atoms with Crippen LogP contribution >= 0.6 is 11.8 Å². The van der Waals surface area contributed by atoms with Gasteiger partial charge in [-0.25, -0.2) is 9.78 Å². The molecule has 8 heteroatoms. The van der Waals surface area contributed by atoms with Gasteiger partial charge in [0.15, 0.2) is 6.29 Å². The molecule has 1 aromatic heterocycles. The molecule has 4 aromatic rings. The number of carbonyl (C=O) groups is 1. The van der Waals surface area contributed by atoms with E-state index >= 15 is 0 Å². The standard InChI is InChI=1S/C32H33N3O4S/c1-22-28(21-40-29-9-5-6-18-33-29)38-31(39-30(22)25-12-10-24(20-36)11-13-25)26-14-16-27(17-15-26)35-32(37)34-19-23-7-3-2-4-8-23/h2-18,22,28,30-31,36H,19-21H2,1H3,(H2,34,35,37)/t22-,28+,30+,31+/m0/s1. The van der Waals surface area contributed by atoms with Gasteiger partial charge < -0.3 is 25.2 Å². The van der Waals surface area contributed by atoms with Crippen LogP contribution in [0.5, 0.6) is 0 Å². The predicted octanol–water partition coefficient (Wildman–Crippen LogP) is 6.48. The molecule has 1 fully saturated rings. The van der Waals surface area contributed by atoms with Crippen LogP contribution in [0.1, 0.15) is 41.6 Å². The van der Waals surface area contributed by atoms with Gasteiger partial charge in [0.05, 0.1) is 23.8 Å². The largest absolute Gasteiger partial charge is 0.392 e. The second-order valence-corrected chi connectivity index (χ2v) is 10.8. The maximum Gasteiger partial charge on any atom is 0.319 e. The van der Waals surface area contributed by atoms with E-state index in [9.17, 15) is 9.90 Å². The molecule has 1 saturated heterocycles. The molecule has 3 aromatic carbocycles. The van der Waals surface area contributed by atoms with E-state index in [1.54, 1.807) is 18.0 Å². The Morgan fingerprint density at radius 2 is 1.60 bits per heavy atom. The van der Waals surface area contributed by atoms with Crippen LogP contribution in [-0.2, 0) is 22.6 Å². The molecule has 2 amide bonds. The number of ether oxygens (including phenoxy) is 2. The molecule has 0 radical (unpaired) electrons. The van der Waals surface area contributed by atoms with Crippen molar-refractivity contribution in [2.24, 2.45) is 5.92 Å². The number of urea groups is 1. The van der Waals surface area contributed by atoms with Crippen LogP contribution in [0.3, 0.4) is 0 Å². The van der Waals surface area contributed by atoms with Crippen molar-refractivity contribution >= 4 is 23.5 Å². The van der Waals surface area contributed by atoms with Gasteiger partial charge in [-0.2, -0.15) is 0 Å². The molecule has 4 atom stereocenters. The van der Waals surface area contributed by atoms with Crippen LogP contribution in [0.4, 0.5) is 10.5 Å². The third kappa shape index (κ3) is 7.28. The Hall–Kier alpha value is -3.69. The molecule has 0 bridgehead atoms. The predicted molar refractivity (Wildman–Crippen MR) is 157 cm³/mol. The summed E-state index contributed by atoms with van der Waals surface area (Å²) in [6.45, 7) is 2.60. The Kier molecular flexibility index (Phi) is 9.46. The van der Waals surface area contributed by atoms with Gasteiger partial charge in [-0.3, -0.25) is 0 Å². The molecule has 0 spiro atoms. The number of aliphatic hydroxyl groups is 1. The zero-order valence-corrected chi connectivity index (χ0v) is 23.1. The van der Waals surface area contributed by atoms with E-state index in [0.29, 0.717) is 12.2 Å². The number of aliphatic hydroxyl groups excluding tert-OH is 1. The summed E-state index contributed by atoms with van der Waals surface area (Å²) in [4.78, 5) is 16.8. The zero-order chi connectivity index (χ0) is 27.7. The van der Waals surface area contributed by atoms with E-state index in [1.807, 2.05) is 97.1 Å². The average Bonchev–Trinajstić information content (AvgIpc) is 3.01. The van der Waals surface area contributed by atoms with Gasteiger partial charge in [0, 0.05) is 35.7 Å². The van der Waals surface area contributed by atoms with Crippen molar-refractivity contribution in [3.05, 3.63) is 126 Å². The van der Waals surface area contributed by atoms with Crippen molar-refractivity contribution in [1.29, 1.82) is 0 Å². The first-order valence-electron chi connectivity index (χ1n) is 13.3. The van der Waals surface area contributed by atoms with Gasteiger partial charge in [-0.15, -0.1) is 11.8 Å². The van der Waals surface area contributed by atoms with E-state index in [4.69, 9.17) is 9.47 Å². The lowest BCUT2D eigenvalue weighted by molar-refractivity contribution is -0.268. The Labute approximate surface area is 239 Å². The van der Waals surface area contributed by atoms with Crippen LogP contribution in [0, 0.1) is 5.92 Å². The Bertz CT molecular complexity index is 1350. The maximum absolute atomic E-state index is 12.4. The smallest absolute Gasteiger partial charge is 0.319 e. The first-order chi connectivity index (χ1) is 19.6. The van der Waals surface area contributed by atoms with Crippen molar-refractivity contribution in [1.82, 2.24) is 10.3 Å². The van der Waals surface area contributed by atoms with Crippen molar-refractivity contribution in [3.63, 3.8) is 0 Å². The van der Waals surface area contributed by atoms with E-state index in [0.717, 1.165) is 33.0 Å². The first-order valence-corrected chi connectivity index (χ1v) is 14.3. The van der Waals surface area contributed by atoms with E-state index in [1.165, 1.54) is 0 Å². The van der Waals surface area contributed by atoms with Gasteiger partial charge in [-0.1, -0.05) is 79.7 Å². The fourth-order valence-corrected chi connectivity index (χ4v) is 5.61. The minimum absolute atomic E-state index is 0.00109. The highest BCUT2D eigenvalue weighted by Crippen LogP contribution is 2.43. The number of aromatic nitrogens is 1. The number of carbonyl (C=O) groups excluding carboxylic acids is 1. The molecule has 2 heterocycles. The molecule has 7 nitrogen and oxygen atoms in total. The third-order valence-electron chi connectivity index (χ3n) is 6.89. The molecule has 1 aliphatic rings. The topological polar surface area (TPSA) is 92.7 Å². The molecule has 0 aliphatic carbocycles. The van der Waals surface area contributed by atoms with Crippen LogP contribution in [-0.4, -0.2) is 28.0 Å². The van der Waals surface area contributed by atoms with Crippen molar-refractivity contribution in [3.8, 4) is 0 Å². The third-order valence-corrected chi connectivity index (χ3v) is 7.93. The number of thioether (sulfide) groups is 1. The number of hydrogen-bond acceptors (Lipinski definition) is 6. The Morgan fingerprint density at radius 1 is 0.875 bits per heavy atom. The van der Waals surface area contributed by atoms with Crippen LogP contribution in [0.25, 0.3) is 0 Å². The van der Waals surface area contributed by atoms with Gasteiger partial charge in [0.1, 0.15) is 0 Å². The van der Waals surface area contributed by atoms with Gasteiger partial charge in [0.2, 0.25) is 0 Å². The van der Waals surface area contributed by atoms with Crippen LogP contribution in [0.15, 0.2) is 108 Å². The van der Waals surface area contributed by atoms with E-state index < -0.39 is 6.29 Å². The number of nitrogens with zero attached hydrogens (tertiary/aromatic N) is 1. The van der Waals surface area contributed by atoms with Gasteiger partial charge in [0.25, 0.3) is 0 Å². The Balaban J connectivity index is 1.27. The fraction of sp³-hybridized carbons (Fsp3) is 0.250. The molecule has 0 saturated carbocycles. The monoisotopic (exact) mass is 555 g/mol. The minimum atomic E-state index is -0.575. The number of rotatable bonds is 9. The normalized spacial score (nSPS) is 20.6. The highest BCUT2D eigenvalue weighted by molar-refractivity contribution is 7.99. The number of amides is 2. The minimum Gasteiger partial charge on any atom is -0.392 e. The summed E-state index contributed by atoms with van der Waals surface area (Å²) in [6.07, 6.45) is 0.939. The quantitative estimate of drug-likeness (QED) is 0.205. The summed E-state index contributed by atoms with van der Waals surface area (Å²) in [7, 11) is 0. The molecular formula is C32H33N3O4S. The zero-order valence-electron chi connectivity index (χ0n) is 22.3. The number of benzene rings is 3. The highest BCUT2D eigenvalue weighted by atomic mass is 32.2. The molecule has 3 N–H and O–H groups in total. The molecular weight excluding hydrogens is 522 g/mol. The lowest BCUT2D eigenvalue weighted by atomic mass is 9.91. The molecule has 206 valence electrons. The summed E-state index contributed by atoms with van der Waals surface area (Å²) in [5, 5.41) is 16.2. The average molecular weight is 556 g/mol. The maximum atomic E-state index is 12.4. The lowest BCUT2D eigenvalue weighted by Crippen LogP contribution is -2.38. The second-order valence-electron chi connectivity index (χ2n) is 9.72. The summed E-state index contributed by atoms with van der Waals surface area (Å²) >= 11 is 1.66. The van der Waals surface area contributed by atoms with E-state index in [2.05, 4.69) is 22.5 Å². The SMILES string of the molecule is C[C@H]1[C@@H](CSc2ccccn2)O[C@@H](c2ccc(NC(=O)NCc3ccccc3)cc2)O[C@H]1c1ccc(CO)cc1. The summed E-state index contributed by atoms with van der Waals surface area (Å²) in [6, 6.07) is 30.8. The van der Waals surface area contributed by atoms with E-state index in [-0.39, 0.29) is 30.8 Å². The molecule has 0 unspecified atom stereocenters. The van der Waals surface area contributed by atoms with Gasteiger partial charge in [-0.05, 0) is 41.0 Å². The summed E-state index contributed by atoms with van der Waals surface area (Å²) in [5.74, 6) is 0.812. The molecule has 1 aliphatic heterocycles. The fourth-order valence-electron chi connectivity index (χ4n) is 4.59. The van der Waals surface area contributed by atoms with Crippen molar-refractivity contribution < 1.29 is 19.4 Å². The number of hydrogen-bond donors (Lipinski definition) is 3. The summed E-state index contributed by atoms with van der Waals surface area (Å²) in [5.41, 5.74) is 4.48. The number of anilines is 1. The second kappa shape index (κ2) is 13.6. The molecule has 40 heavy (non-hydrogen) atoms. The highest BCUT2D eigenvalue weighted by Gasteiger charge is 2.38. The van der Waals surface area contributed by atoms with Crippen molar-refractivity contribution in [2.75, 3.05) is 11.1 Å². The lowest BCUT2D eigenvalue weighted by Gasteiger charge is -2.41. The first kappa shape index (κ1) is 27.9. The number of nitrogens with one attached hydrogen (secondary N) is 2. The van der Waals surface area contributed by atoms with Gasteiger partial charge >= 0.3 is 6.03 Å². The van der Waals surface area contributed by atoms with Crippen LogP contribution < -0.4 is 10.6 Å². The summed E-state index contributed by atoms with van der Waals surface area (Å²) < 4.78 is 13.0. The van der Waals surface area contributed by atoms with Crippen molar-refractivity contribution in [2.45, 2.75) is 43.6 Å². The number of pyridine rings is 1.